The maximum atomic E-state index is 13.4. The third kappa shape index (κ3) is 4.23. The number of hydrogen-bond donors (Lipinski definition) is 0. The summed E-state index contributed by atoms with van der Waals surface area (Å²) in [4.78, 5) is 33.6. The second-order valence-corrected chi connectivity index (χ2v) is 11.2. The van der Waals surface area contributed by atoms with Gasteiger partial charge in [0.05, 0.1) is 35.7 Å². The highest BCUT2D eigenvalue weighted by Crippen LogP contribution is 2.36. The molecule has 1 aliphatic rings. The van der Waals surface area contributed by atoms with Crippen LogP contribution in [0.3, 0.4) is 0 Å². The summed E-state index contributed by atoms with van der Waals surface area (Å²) in [6.07, 6.45) is 6.31. The summed E-state index contributed by atoms with van der Waals surface area (Å²) in [5.41, 5.74) is 0.913. The lowest BCUT2D eigenvalue weighted by atomic mass is 9.89. The van der Waals surface area contributed by atoms with E-state index >= 15 is 0 Å². The first-order chi connectivity index (χ1) is 18.2. The number of nitrogens with zero attached hydrogens (tertiary/aromatic N) is 7. The molecule has 0 amide bonds. The minimum absolute atomic E-state index is 0.0139. The zero-order valence-corrected chi connectivity index (χ0v) is 21.4. The van der Waals surface area contributed by atoms with Crippen molar-refractivity contribution in [3.05, 3.63) is 60.8 Å². The fourth-order valence-electron chi connectivity index (χ4n) is 4.54. The second kappa shape index (κ2) is 9.47. The molecule has 0 spiro atoms. The summed E-state index contributed by atoms with van der Waals surface area (Å²) in [7, 11) is -3.37. The van der Waals surface area contributed by atoms with Crippen LogP contribution in [0.15, 0.2) is 55.2 Å². The number of hydrogen-bond acceptors (Lipinski definition) is 9. The maximum absolute atomic E-state index is 13.4. The van der Waals surface area contributed by atoms with Crippen molar-refractivity contribution in [1.82, 2.24) is 28.6 Å². The lowest BCUT2D eigenvalue weighted by Crippen LogP contribution is -2.64. The van der Waals surface area contributed by atoms with E-state index < -0.39 is 27.4 Å². The highest BCUT2D eigenvalue weighted by atomic mass is 32.2. The van der Waals surface area contributed by atoms with Crippen LogP contribution in [0.25, 0.3) is 22.3 Å². The first-order valence-corrected chi connectivity index (χ1v) is 13.3. The molecule has 194 valence electrons. The van der Waals surface area contributed by atoms with Crippen molar-refractivity contribution in [3.8, 4) is 23.1 Å². The summed E-state index contributed by atoms with van der Waals surface area (Å²) in [5.74, 6) is -0.845. The number of sulfonamides is 1. The van der Waals surface area contributed by atoms with Gasteiger partial charge in [-0.2, -0.15) is 14.7 Å². The van der Waals surface area contributed by atoms with E-state index in [0.29, 0.717) is 22.3 Å². The summed E-state index contributed by atoms with van der Waals surface area (Å²) in [6, 6.07) is 10.3. The van der Waals surface area contributed by atoms with Crippen LogP contribution in [0.5, 0.6) is 5.75 Å². The molecule has 1 fully saturated rings. The van der Waals surface area contributed by atoms with Gasteiger partial charge in [-0.05, 0) is 25.1 Å². The van der Waals surface area contributed by atoms with Gasteiger partial charge in [0, 0.05) is 43.4 Å². The Labute approximate surface area is 218 Å². The third-order valence-corrected chi connectivity index (χ3v) is 8.30. The van der Waals surface area contributed by atoms with Gasteiger partial charge in [-0.15, -0.1) is 0 Å². The highest BCUT2D eigenvalue weighted by molar-refractivity contribution is 7.89. The van der Waals surface area contributed by atoms with E-state index in [1.165, 1.54) is 22.1 Å². The van der Waals surface area contributed by atoms with Crippen molar-refractivity contribution in [2.75, 3.05) is 18.8 Å². The van der Waals surface area contributed by atoms with Crippen molar-refractivity contribution in [3.63, 3.8) is 0 Å². The Morgan fingerprint density at radius 2 is 1.95 bits per heavy atom. The lowest BCUT2D eigenvalue weighted by molar-refractivity contribution is -0.131. The average molecular weight is 534 g/mol. The monoisotopic (exact) mass is 533 g/mol. The van der Waals surface area contributed by atoms with Gasteiger partial charge in [-0.25, -0.2) is 18.4 Å². The van der Waals surface area contributed by atoms with Crippen LogP contribution in [0, 0.1) is 11.3 Å². The predicted octanol–water partition coefficient (Wildman–Crippen LogP) is 2.18. The van der Waals surface area contributed by atoms with Crippen molar-refractivity contribution in [1.29, 1.82) is 5.26 Å². The predicted molar refractivity (Wildman–Crippen MR) is 135 cm³/mol. The molecule has 0 bridgehead atoms. The topological polar surface area (TPSA) is 153 Å². The molecule has 13 heteroatoms. The molecule has 0 atom stereocenters. The van der Waals surface area contributed by atoms with E-state index in [4.69, 9.17) is 4.74 Å². The first kappa shape index (κ1) is 25.2. The fraction of sp³-hybridized carbons (Fsp3) is 0.280. The smallest absolute Gasteiger partial charge is 0.308 e. The molecule has 5 rings (SSSR count). The van der Waals surface area contributed by atoms with Gasteiger partial charge in [0.25, 0.3) is 5.91 Å². The molecule has 1 aromatic carbocycles. The largest absolute Gasteiger partial charge is 0.426 e. The number of nitriles is 1. The third-order valence-electron chi connectivity index (χ3n) is 6.52. The number of para-hydroxylation sites is 1. The van der Waals surface area contributed by atoms with Crippen molar-refractivity contribution < 1.29 is 22.7 Å². The Balaban J connectivity index is 1.49. The van der Waals surface area contributed by atoms with Gasteiger partial charge in [0.2, 0.25) is 10.0 Å². The second-order valence-electron chi connectivity index (χ2n) is 8.94. The first-order valence-electron chi connectivity index (χ1n) is 11.7. The Bertz CT molecular complexity index is 1710. The molecule has 4 aromatic rings. The molecule has 0 saturated carbocycles. The number of rotatable bonds is 7. The zero-order valence-electron chi connectivity index (χ0n) is 20.6. The molecule has 12 nitrogen and oxygen atoms in total. The molecule has 1 aliphatic heterocycles. The highest BCUT2D eigenvalue weighted by Gasteiger charge is 2.49. The summed E-state index contributed by atoms with van der Waals surface area (Å²) < 4.78 is 34.0. The van der Waals surface area contributed by atoms with E-state index in [2.05, 4.69) is 21.1 Å². The van der Waals surface area contributed by atoms with E-state index in [9.17, 15) is 23.3 Å². The van der Waals surface area contributed by atoms with Crippen LogP contribution in [0.4, 0.5) is 0 Å². The van der Waals surface area contributed by atoms with E-state index in [-0.39, 0.29) is 36.6 Å². The number of ether oxygens (including phenoxy) is 1. The van der Waals surface area contributed by atoms with Crippen LogP contribution >= 0.6 is 0 Å². The Morgan fingerprint density at radius 1 is 1.18 bits per heavy atom. The molecule has 0 radical (unpaired) electrons. The summed E-state index contributed by atoms with van der Waals surface area (Å²) in [5, 5.41) is 14.4. The van der Waals surface area contributed by atoms with Gasteiger partial charge in [-0.1, -0.05) is 12.1 Å². The quantitative estimate of drug-likeness (QED) is 0.257. The maximum Gasteiger partial charge on any atom is 0.308 e. The minimum atomic E-state index is -3.37. The molecule has 38 heavy (non-hydrogen) atoms. The van der Waals surface area contributed by atoms with Crippen LogP contribution in [0.2, 0.25) is 0 Å². The minimum Gasteiger partial charge on any atom is -0.426 e. The Morgan fingerprint density at radius 3 is 2.66 bits per heavy atom. The number of carbonyl (C=O) groups excluding carboxylic acids is 2. The van der Waals surface area contributed by atoms with Crippen LogP contribution in [-0.4, -0.2) is 67.8 Å². The average Bonchev–Trinajstić information content (AvgIpc) is 3.53. The molecular formula is C25H23N7O5S. The van der Waals surface area contributed by atoms with E-state index in [1.54, 1.807) is 60.5 Å². The standard InChI is InChI=1S/C25H23N7O5S/c1-3-38(35,36)30-14-25(15-30,9-10-26)32-13-18(12-29-32)22-20-8-11-31(23(20)28-16-27-22)24(34)19-6-4-5-7-21(19)37-17(2)33/h4-8,11-13,16H,3,9,14-15H2,1-2H3. The zero-order chi connectivity index (χ0) is 27.1. The number of aromatic nitrogens is 5. The van der Waals surface area contributed by atoms with Crippen molar-refractivity contribution >= 4 is 32.9 Å². The molecule has 4 heterocycles. The van der Waals surface area contributed by atoms with Gasteiger partial charge in [-0.3, -0.25) is 18.8 Å². The van der Waals surface area contributed by atoms with Crippen molar-refractivity contribution in [2.24, 2.45) is 0 Å². The molecular weight excluding hydrogens is 510 g/mol. The number of fused-ring (bicyclic) bond motifs is 1. The normalized spacial score (nSPS) is 15.1. The molecule has 0 aliphatic carbocycles. The SMILES string of the molecule is CCS(=O)(=O)N1CC(CC#N)(n2cc(-c3ncnc4c3ccn4C(=O)c3ccccc3OC(C)=O)cn2)C1. The fourth-order valence-corrected chi connectivity index (χ4v) is 5.78. The van der Waals surface area contributed by atoms with E-state index in [0.717, 1.165) is 0 Å². The lowest BCUT2D eigenvalue weighted by Gasteiger charge is -2.47. The van der Waals surface area contributed by atoms with Gasteiger partial charge >= 0.3 is 5.97 Å². The molecule has 1 saturated heterocycles. The number of carbonyl (C=O) groups is 2. The number of benzene rings is 1. The van der Waals surface area contributed by atoms with Gasteiger partial charge < -0.3 is 4.74 Å². The van der Waals surface area contributed by atoms with Crippen LogP contribution in [-0.2, 0) is 20.4 Å². The Hall–Kier alpha value is -4.41. The summed E-state index contributed by atoms with van der Waals surface area (Å²) >= 11 is 0. The number of esters is 1. The molecule has 0 N–H and O–H groups in total. The Kier molecular flexibility index (Phi) is 6.29. The molecule has 3 aromatic heterocycles. The van der Waals surface area contributed by atoms with E-state index in [1.807, 2.05) is 0 Å². The molecule has 0 unspecified atom stereocenters. The van der Waals surface area contributed by atoms with Crippen molar-refractivity contribution in [2.45, 2.75) is 25.8 Å². The van der Waals surface area contributed by atoms with Crippen LogP contribution in [0.1, 0.15) is 30.6 Å². The summed E-state index contributed by atoms with van der Waals surface area (Å²) in [6.45, 7) is 3.15. The van der Waals surface area contributed by atoms with Gasteiger partial charge in [0.1, 0.15) is 17.6 Å². The van der Waals surface area contributed by atoms with Crippen LogP contribution < -0.4 is 4.74 Å². The van der Waals surface area contributed by atoms with Gasteiger partial charge in [0.15, 0.2) is 5.65 Å².